The van der Waals surface area contributed by atoms with E-state index in [1.807, 2.05) is 31.2 Å². The standard InChI is InChI=1S/C16H21N5O2/c1-11-4-2-3-5-13(11)15-19-14(23-20-15)9-18-16(22)21-7-6-12(8-17)10-21/h2-5,12H,6-10,17H2,1H3,(H,18,22)/t12-/m1/s1. The molecule has 7 nitrogen and oxygen atoms in total. The first-order chi connectivity index (χ1) is 11.2. The van der Waals surface area contributed by atoms with Gasteiger partial charge in [-0.15, -0.1) is 0 Å². The molecule has 3 rings (SSSR count). The van der Waals surface area contributed by atoms with Gasteiger partial charge in [0.2, 0.25) is 11.7 Å². The summed E-state index contributed by atoms with van der Waals surface area (Å²) >= 11 is 0. The van der Waals surface area contributed by atoms with Gasteiger partial charge in [0.15, 0.2) is 0 Å². The molecule has 2 amide bonds. The molecule has 1 atom stereocenters. The number of hydrogen-bond donors (Lipinski definition) is 2. The lowest BCUT2D eigenvalue weighted by Crippen LogP contribution is -2.38. The molecule has 7 heteroatoms. The summed E-state index contributed by atoms with van der Waals surface area (Å²) in [5, 5.41) is 6.80. The fraction of sp³-hybridized carbons (Fsp3) is 0.438. The highest BCUT2D eigenvalue weighted by molar-refractivity contribution is 5.74. The van der Waals surface area contributed by atoms with Crippen LogP contribution in [0.5, 0.6) is 0 Å². The van der Waals surface area contributed by atoms with Crippen LogP contribution in [-0.4, -0.2) is 40.7 Å². The maximum Gasteiger partial charge on any atom is 0.317 e. The molecule has 0 spiro atoms. The summed E-state index contributed by atoms with van der Waals surface area (Å²) in [5.41, 5.74) is 7.65. The Labute approximate surface area is 134 Å². The second-order valence-corrected chi connectivity index (χ2v) is 5.82. The van der Waals surface area contributed by atoms with Crippen molar-refractivity contribution in [2.75, 3.05) is 19.6 Å². The molecule has 0 unspecified atom stereocenters. The van der Waals surface area contributed by atoms with Gasteiger partial charge in [0.05, 0.1) is 6.54 Å². The molecule has 1 aromatic carbocycles. The minimum absolute atomic E-state index is 0.114. The Morgan fingerprint density at radius 3 is 3.04 bits per heavy atom. The van der Waals surface area contributed by atoms with Crippen LogP contribution in [0.15, 0.2) is 28.8 Å². The van der Waals surface area contributed by atoms with Gasteiger partial charge in [-0.2, -0.15) is 4.98 Å². The highest BCUT2D eigenvalue weighted by Crippen LogP contribution is 2.20. The number of hydrogen-bond acceptors (Lipinski definition) is 5. The molecular formula is C16H21N5O2. The molecule has 122 valence electrons. The molecule has 23 heavy (non-hydrogen) atoms. The van der Waals surface area contributed by atoms with Gasteiger partial charge >= 0.3 is 6.03 Å². The minimum atomic E-state index is -0.114. The summed E-state index contributed by atoms with van der Waals surface area (Å²) in [6.07, 6.45) is 0.960. The molecule has 1 aliphatic heterocycles. The van der Waals surface area contributed by atoms with Crippen LogP contribution < -0.4 is 11.1 Å². The summed E-state index contributed by atoms with van der Waals surface area (Å²) in [6.45, 7) is 4.29. The molecule has 0 aliphatic carbocycles. The zero-order valence-corrected chi connectivity index (χ0v) is 13.2. The number of aryl methyl sites for hydroxylation is 1. The van der Waals surface area contributed by atoms with Crippen LogP contribution >= 0.6 is 0 Å². The SMILES string of the molecule is Cc1ccccc1-c1noc(CNC(=O)N2CC[C@H](CN)C2)n1. The maximum absolute atomic E-state index is 12.1. The van der Waals surface area contributed by atoms with Gasteiger partial charge in [-0.05, 0) is 31.4 Å². The Morgan fingerprint density at radius 2 is 2.30 bits per heavy atom. The van der Waals surface area contributed by atoms with Crippen molar-refractivity contribution in [3.8, 4) is 11.4 Å². The highest BCUT2D eigenvalue weighted by Gasteiger charge is 2.25. The van der Waals surface area contributed by atoms with Gasteiger partial charge in [0.1, 0.15) is 0 Å². The Kier molecular flexibility index (Phi) is 4.57. The van der Waals surface area contributed by atoms with Gasteiger partial charge in [0.25, 0.3) is 0 Å². The number of benzene rings is 1. The number of amides is 2. The van der Waals surface area contributed by atoms with Crippen LogP contribution in [0, 0.1) is 12.8 Å². The van der Waals surface area contributed by atoms with Gasteiger partial charge in [0, 0.05) is 18.7 Å². The Morgan fingerprint density at radius 1 is 1.48 bits per heavy atom. The summed E-state index contributed by atoms with van der Waals surface area (Å²) in [7, 11) is 0. The fourth-order valence-electron chi connectivity index (χ4n) is 2.73. The van der Waals surface area contributed by atoms with Crippen molar-refractivity contribution in [1.29, 1.82) is 0 Å². The first kappa shape index (κ1) is 15.5. The number of aromatic nitrogens is 2. The maximum atomic E-state index is 12.1. The lowest BCUT2D eigenvalue weighted by molar-refractivity contribution is 0.205. The van der Waals surface area contributed by atoms with Crippen molar-refractivity contribution in [2.45, 2.75) is 19.9 Å². The van der Waals surface area contributed by atoms with Crippen molar-refractivity contribution in [3.63, 3.8) is 0 Å². The quantitative estimate of drug-likeness (QED) is 0.892. The average Bonchev–Trinajstić information content (AvgIpc) is 3.22. The van der Waals surface area contributed by atoms with Crippen molar-refractivity contribution in [1.82, 2.24) is 20.4 Å². The van der Waals surface area contributed by atoms with E-state index in [-0.39, 0.29) is 12.6 Å². The predicted octanol–water partition coefficient (Wildman–Crippen LogP) is 1.54. The van der Waals surface area contributed by atoms with Gasteiger partial charge in [-0.1, -0.05) is 29.4 Å². The summed E-state index contributed by atoms with van der Waals surface area (Å²) in [4.78, 5) is 18.2. The first-order valence-electron chi connectivity index (χ1n) is 7.79. The number of nitrogens with two attached hydrogens (primary N) is 1. The van der Waals surface area contributed by atoms with Gasteiger partial charge in [-0.3, -0.25) is 0 Å². The largest absolute Gasteiger partial charge is 0.337 e. The Bertz CT molecular complexity index is 685. The van der Waals surface area contributed by atoms with Crippen LogP contribution in [0.2, 0.25) is 0 Å². The van der Waals surface area contributed by atoms with E-state index in [4.69, 9.17) is 10.3 Å². The number of nitrogens with one attached hydrogen (secondary N) is 1. The lowest BCUT2D eigenvalue weighted by atomic mass is 10.1. The van der Waals surface area contributed by atoms with Crippen molar-refractivity contribution in [2.24, 2.45) is 11.7 Å². The zero-order valence-electron chi connectivity index (χ0n) is 13.2. The second kappa shape index (κ2) is 6.78. The number of carbonyl (C=O) groups excluding carboxylic acids is 1. The van der Waals surface area contributed by atoms with Gasteiger partial charge < -0.3 is 20.5 Å². The van der Waals surface area contributed by atoms with E-state index < -0.39 is 0 Å². The normalized spacial score (nSPS) is 17.5. The van der Waals surface area contributed by atoms with Crippen molar-refractivity contribution < 1.29 is 9.32 Å². The summed E-state index contributed by atoms with van der Waals surface area (Å²) in [5.74, 6) is 1.33. The molecule has 0 saturated carbocycles. The molecular weight excluding hydrogens is 294 g/mol. The summed E-state index contributed by atoms with van der Waals surface area (Å²) in [6, 6.07) is 7.72. The minimum Gasteiger partial charge on any atom is -0.337 e. The molecule has 0 radical (unpaired) electrons. The molecule has 1 aromatic heterocycles. The molecule has 1 fully saturated rings. The third kappa shape index (κ3) is 3.50. The van der Waals surface area contributed by atoms with Crippen LogP contribution in [0.3, 0.4) is 0 Å². The number of rotatable bonds is 4. The molecule has 1 saturated heterocycles. The van der Waals surface area contributed by atoms with Gasteiger partial charge in [-0.25, -0.2) is 4.79 Å². The van der Waals surface area contributed by atoms with E-state index in [9.17, 15) is 4.79 Å². The lowest BCUT2D eigenvalue weighted by Gasteiger charge is -2.16. The average molecular weight is 315 g/mol. The third-order valence-electron chi connectivity index (χ3n) is 4.15. The van der Waals surface area contributed by atoms with Crippen LogP contribution in [0.25, 0.3) is 11.4 Å². The molecule has 2 heterocycles. The second-order valence-electron chi connectivity index (χ2n) is 5.82. The smallest absolute Gasteiger partial charge is 0.317 e. The van der Waals surface area contributed by atoms with E-state index in [1.54, 1.807) is 4.90 Å². The van der Waals surface area contributed by atoms with E-state index >= 15 is 0 Å². The van der Waals surface area contributed by atoms with Crippen molar-refractivity contribution >= 4 is 6.03 Å². The van der Waals surface area contributed by atoms with E-state index in [2.05, 4.69) is 15.5 Å². The Hall–Kier alpha value is -2.41. The fourth-order valence-corrected chi connectivity index (χ4v) is 2.73. The first-order valence-corrected chi connectivity index (χ1v) is 7.79. The number of urea groups is 1. The van der Waals surface area contributed by atoms with E-state index in [1.165, 1.54) is 0 Å². The zero-order chi connectivity index (χ0) is 16.2. The number of likely N-dealkylation sites (tertiary alicyclic amines) is 1. The third-order valence-corrected chi connectivity index (χ3v) is 4.15. The van der Waals surface area contributed by atoms with E-state index in [0.717, 1.165) is 24.1 Å². The molecule has 0 bridgehead atoms. The van der Waals surface area contributed by atoms with Crippen LogP contribution in [0.4, 0.5) is 4.79 Å². The topological polar surface area (TPSA) is 97.3 Å². The molecule has 1 aliphatic rings. The molecule has 3 N–H and O–H groups in total. The molecule has 2 aromatic rings. The van der Waals surface area contributed by atoms with Crippen LogP contribution in [-0.2, 0) is 6.54 Å². The highest BCUT2D eigenvalue weighted by atomic mass is 16.5. The summed E-state index contributed by atoms with van der Waals surface area (Å²) < 4.78 is 5.22. The Balaban J connectivity index is 1.58. The van der Waals surface area contributed by atoms with E-state index in [0.29, 0.717) is 30.7 Å². The predicted molar refractivity (Wildman–Crippen MR) is 85.4 cm³/mol. The van der Waals surface area contributed by atoms with Crippen molar-refractivity contribution in [3.05, 3.63) is 35.7 Å². The number of nitrogens with zero attached hydrogens (tertiary/aromatic N) is 3. The van der Waals surface area contributed by atoms with Crippen LogP contribution in [0.1, 0.15) is 17.9 Å². The number of carbonyl (C=O) groups is 1. The monoisotopic (exact) mass is 315 g/mol.